The summed E-state index contributed by atoms with van der Waals surface area (Å²) in [6.07, 6.45) is -0.489. The highest BCUT2D eigenvalue weighted by atomic mass is 16.5. The number of nitrogens with one attached hydrogen (secondary N) is 1. The van der Waals surface area contributed by atoms with Crippen molar-refractivity contribution in [2.45, 2.75) is 6.54 Å². The number of carbonyl (C=O) groups is 2. The molecule has 0 aliphatic rings. The van der Waals surface area contributed by atoms with E-state index in [9.17, 15) is 9.59 Å². The summed E-state index contributed by atoms with van der Waals surface area (Å²) < 4.78 is 8.99. The fourth-order valence-corrected chi connectivity index (χ4v) is 1.12. The quantitative estimate of drug-likeness (QED) is 0.785. The van der Waals surface area contributed by atoms with E-state index in [4.69, 9.17) is 0 Å². The van der Waals surface area contributed by atoms with Crippen LogP contribution in [0.4, 0.5) is 4.79 Å². The highest BCUT2D eigenvalue weighted by molar-refractivity contribution is 5.89. The molecular formula is C11H13NO4. The van der Waals surface area contributed by atoms with Gasteiger partial charge in [-0.15, -0.1) is 0 Å². The van der Waals surface area contributed by atoms with Crippen molar-refractivity contribution in [3.8, 4) is 0 Å². The lowest BCUT2D eigenvalue weighted by atomic mass is 10.1. The molecule has 0 aromatic heterocycles. The molecule has 16 heavy (non-hydrogen) atoms. The van der Waals surface area contributed by atoms with Crippen LogP contribution in [-0.2, 0) is 16.0 Å². The molecule has 1 rings (SSSR count). The molecule has 0 atom stereocenters. The van der Waals surface area contributed by atoms with E-state index in [0.29, 0.717) is 12.1 Å². The number of hydrogen-bond acceptors (Lipinski definition) is 4. The maximum atomic E-state index is 11.1. The number of alkyl carbamates (subject to hydrolysis) is 1. The summed E-state index contributed by atoms with van der Waals surface area (Å²) in [4.78, 5) is 21.9. The molecule has 0 saturated carbocycles. The van der Waals surface area contributed by atoms with Crippen molar-refractivity contribution in [2.75, 3.05) is 14.2 Å². The lowest BCUT2D eigenvalue weighted by Crippen LogP contribution is -2.22. The van der Waals surface area contributed by atoms with Crippen LogP contribution in [0.5, 0.6) is 0 Å². The molecule has 0 saturated heterocycles. The van der Waals surface area contributed by atoms with Crippen LogP contribution in [0.25, 0.3) is 0 Å². The third-order valence-electron chi connectivity index (χ3n) is 2.00. The molecule has 1 aromatic carbocycles. The van der Waals surface area contributed by atoms with Gasteiger partial charge in [-0.3, -0.25) is 0 Å². The van der Waals surface area contributed by atoms with Gasteiger partial charge in [0.05, 0.1) is 19.8 Å². The second kappa shape index (κ2) is 5.75. The second-order valence-electron chi connectivity index (χ2n) is 3.03. The lowest BCUT2D eigenvalue weighted by Gasteiger charge is -2.04. The van der Waals surface area contributed by atoms with Gasteiger partial charge < -0.3 is 14.8 Å². The van der Waals surface area contributed by atoms with Gasteiger partial charge in [0.25, 0.3) is 0 Å². The summed E-state index contributed by atoms with van der Waals surface area (Å²) in [5.41, 5.74) is 1.35. The molecule has 1 N–H and O–H groups in total. The number of amides is 1. The second-order valence-corrected chi connectivity index (χ2v) is 3.03. The Kier molecular flexibility index (Phi) is 4.32. The minimum atomic E-state index is -0.489. The number of ether oxygens (including phenoxy) is 2. The fraction of sp³-hybridized carbons (Fsp3) is 0.273. The van der Waals surface area contributed by atoms with E-state index in [1.165, 1.54) is 14.2 Å². The van der Waals surface area contributed by atoms with E-state index >= 15 is 0 Å². The monoisotopic (exact) mass is 223 g/mol. The third kappa shape index (κ3) is 3.27. The van der Waals surface area contributed by atoms with E-state index in [1.54, 1.807) is 24.3 Å². The maximum absolute atomic E-state index is 11.1. The predicted molar refractivity (Wildman–Crippen MR) is 57.0 cm³/mol. The minimum absolute atomic E-state index is 0.355. The third-order valence-corrected chi connectivity index (χ3v) is 2.00. The fourth-order valence-electron chi connectivity index (χ4n) is 1.12. The first-order valence-corrected chi connectivity index (χ1v) is 4.66. The van der Waals surface area contributed by atoms with Crippen molar-refractivity contribution in [1.82, 2.24) is 5.32 Å². The van der Waals surface area contributed by atoms with Crippen molar-refractivity contribution in [2.24, 2.45) is 0 Å². The minimum Gasteiger partial charge on any atom is -0.465 e. The summed E-state index contributed by atoms with van der Waals surface area (Å²) in [6.45, 7) is 0.355. The molecule has 5 heteroatoms. The Morgan fingerprint density at radius 2 is 1.75 bits per heavy atom. The van der Waals surface area contributed by atoms with Gasteiger partial charge >= 0.3 is 12.1 Å². The van der Waals surface area contributed by atoms with Crippen LogP contribution in [0.15, 0.2) is 24.3 Å². The van der Waals surface area contributed by atoms with E-state index in [0.717, 1.165) is 5.56 Å². The Bertz CT molecular complexity index is 372. The Morgan fingerprint density at radius 1 is 1.12 bits per heavy atom. The smallest absolute Gasteiger partial charge is 0.407 e. The normalized spacial score (nSPS) is 9.38. The van der Waals surface area contributed by atoms with Gasteiger partial charge in [-0.1, -0.05) is 12.1 Å². The Labute approximate surface area is 93.4 Å². The number of esters is 1. The van der Waals surface area contributed by atoms with Crippen LogP contribution < -0.4 is 5.32 Å². The van der Waals surface area contributed by atoms with Crippen LogP contribution in [-0.4, -0.2) is 26.3 Å². The lowest BCUT2D eigenvalue weighted by molar-refractivity contribution is 0.0600. The first-order valence-electron chi connectivity index (χ1n) is 4.66. The average molecular weight is 223 g/mol. The molecule has 0 aliphatic heterocycles. The molecule has 0 bridgehead atoms. The van der Waals surface area contributed by atoms with Gasteiger partial charge in [0.2, 0.25) is 0 Å². The van der Waals surface area contributed by atoms with Crippen molar-refractivity contribution in [3.63, 3.8) is 0 Å². The number of methoxy groups -OCH3 is 2. The van der Waals surface area contributed by atoms with Gasteiger partial charge in [0.1, 0.15) is 0 Å². The van der Waals surface area contributed by atoms with Crippen molar-refractivity contribution >= 4 is 12.1 Å². The summed E-state index contributed by atoms with van der Waals surface area (Å²) in [5.74, 6) is -0.382. The van der Waals surface area contributed by atoms with Gasteiger partial charge in [0, 0.05) is 6.54 Å². The maximum Gasteiger partial charge on any atom is 0.407 e. The van der Waals surface area contributed by atoms with Crippen LogP contribution >= 0.6 is 0 Å². The number of carbonyl (C=O) groups excluding carboxylic acids is 2. The molecule has 0 fully saturated rings. The van der Waals surface area contributed by atoms with Crippen molar-refractivity contribution in [1.29, 1.82) is 0 Å². The first kappa shape index (κ1) is 12.0. The molecule has 86 valence electrons. The topological polar surface area (TPSA) is 64.6 Å². The van der Waals surface area contributed by atoms with E-state index in [1.807, 2.05) is 0 Å². The van der Waals surface area contributed by atoms with E-state index in [2.05, 4.69) is 14.8 Å². The molecule has 5 nitrogen and oxygen atoms in total. The zero-order valence-corrected chi connectivity index (χ0v) is 9.15. The SMILES string of the molecule is COC(=O)NCc1ccc(C(=O)OC)cc1. The highest BCUT2D eigenvalue weighted by Gasteiger charge is 2.04. The molecule has 1 amide bonds. The summed E-state index contributed by atoms with van der Waals surface area (Å²) in [7, 11) is 2.63. The van der Waals surface area contributed by atoms with Gasteiger partial charge in [-0.05, 0) is 17.7 Å². The predicted octanol–water partition coefficient (Wildman–Crippen LogP) is 1.33. The van der Waals surface area contributed by atoms with Gasteiger partial charge in [-0.25, -0.2) is 9.59 Å². The molecule has 0 heterocycles. The van der Waals surface area contributed by atoms with E-state index in [-0.39, 0.29) is 5.97 Å². The Morgan fingerprint density at radius 3 is 2.25 bits per heavy atom. The number of benzene rings is 1. The largest absolute Gasteiger partial charge is 0.465 e. The van der Waals surface area contributed by atoms with Crippen LogP contribution in [0.1, 0.15) is 15.9 Å². The van der Waals surface area contributed by atoms with Crippen molar-refractivity contribution in [3.05, 3.63) is 35.4 Å². The van der Waals surface area contributed by atoms with E-state index < -0.39 is 6.09 Å². The Hall–Kier alpha value is -2.04. The van der Waals surface area contributed by atoms with Gasteiger partial charge in [-0.2, -0.15) is 0 Å². The molecular weight excluding hydrogens is 210 g/mol. The Balaban J connectivity index is 2.58. The molecule has 1 aromatic rings. The summed E-state index contributed by atoms with van der Waals surface area (Å²) in [6, 6.07) is 6.75. The summed E-state index contributed by atoms with van der Waals surface area (Å²) >= 11 is 0. The van der Waals surface area contributed by atoms with Crippen molar-refractivity contribution < 1.29 is 19.1 Å². The van der Waals surface area contributed by atoms with Gasteiger partial charge in [0.15, 0.2) is 0 Å². The molecule has 0 aliphatic carbocycles. The first-order chi connectivity index (χ1) is 7.67. The highest BCUT2D eigenvalue weighted by Crippen LogP contribution is 2.05. The van der Waals surface area contributed by atoms with Crippen LogP contribution in [0, 0.1) is 0 Å². The van der Waals surface area contributed by atoms with Crippen LogP contribution in [0.2, 0.25) is 0 Å². The zero-order chi connectivity index (χ0) is 12.0. The standard InChI is InChI=1S/C11H13NO4/c1-15-10(13)9-5-3-8(4-6-9)7-12-11(14)16-2/h3-6H,7H2,1-2H3,(H,12,14). The van der Waals surface area contributed by atoms with Crippen LogP contribution in [0.3, 0.4) is 0 Å². The molecule has 0 unspecified atom stereocenters. The molecule has 0 spiro atoms. The zero-order valence-electron chi connectivity index (χ0n) is 9.15. The summed E-state index contributed by atoms with van der Waals surface area (Å²) in [5, 5.41) is 2.53. The number of hydrogen-bond donors (Lipinski definition) is 1. The number of rotatable bonds is 3. The molecule has 0 radical (unpaired) electrons. The average Bonchev–Trinajstić information content (AvgIpc) is 2.35.